The van der Waals surface area contributed by atoms with Gasteiger partial charge in [0, 0.05) is 31.9 Å². The minimum atomic E-state index is 0.285. The summed E-state index contributed by atoms with van der Waals surface area (Å²) < 4.78 is 2.09. The van der Waals surface area contributed by atoms with Crippen LogP contribution in [-0.2, 0) is 13.5 Å². The van der Waals surface area contributed by atoms with Gasteiger partial charge < -0.3 is 10.3 Å². The summed E-state index contributed by atoms with van der Waals surface area (Å²) in [5.41, 5.74) is 6.40. The van der Waals surface area contributed by atoms with Crippen molar-refractivity contribution >= 4 is 0 Å². The fourth-order valence-corrected chi connectivity index (χ4v) is 3.37. The van der Waals surface area contributed by atoms with E-state index in [0.717, 1.165) is 18.2 Å². The van der Waals surface area contributed by atoms with Gasteiger partial charge in [0.1, 0.15) is 5.82 Å². The molecule has 0 amide bonds. The third kappa shape index (κ3) is 4.07. The smallest absolute Gasteiger partial charge is 0.109 e. The number of unbranched alkanes of at least 4 members (excludes halogenated alkanes) is 1. The summed E-state index contributed by atoms with van der Waals surface area (Å²) in [5.74, 6) is 2.80. The van der Waals surface area contributed by atoms with Crippen LogP contribution in [0, 0.1) is 11.8 Å². The van der Waals surface area contributed by atoms with Crippen molar-refractivity contribution in [1.82, 2.24) is 9.55 Å². The van der Waals surface area contributed by atoms with Crippen LogP contribution in [0.5, 0.6) is 0 Å². The lowest BCUT2D eigenvalue weighted by molar-refractivity contribution is 0.229. The topological polar surface area (TPSA) is 43.8 Å². The number of imidazole rings is 1. The van der Waals surface area contributed by atoms with Crippen molar-refractivity contribution in [2.24, 2.45) is 24.6 Å². The zero-order chi connectivity index (χ0) is 13.7. The van der Waals surface area contributed by atoms with Crippen molar-refractivity contribution in [3.63, 3.8) is 0 Å². The molecule has 1 aromatic rings. The number of nitrogens with two attached hydrogens (primary N) is 1. The Labute approximate surface area is 117 Å². The van der Waals surface area contributed by atoms with Crippen molar-refractivity contribution in [3.8, 4) is 0 Å². The highest BCUT2D eigenvalue weighted by atomic mass is 15.0. The number of hydrogen-bond donors (Lipinski definition) is 1. The molecule has 3 heteroatoms. The minimum Gasteiger partial charge on any atom is -0.338 e. The van der Waals surface area contributed by atoms with Gasteiger partial charge in [0.25, 0.3) is 0 Å². The third-order valence-electron chi connectivity index (χ3n) is 4.80. The Morgan fingerprint density at radius 3 is 2.68 bits per heavy atom. The third-order valence-corrected chi connectivity index (χ3v) is 4.80. The Morgan fingerprint density at radius 1 is 1.37 bits per heavy atom. The molecule has 1 aromatic heterocycles. The van der Waals surface area contributed by atoms with Gasteiger partial charge >= 0.3 is 0 Å². The number of rotatable bonds is 6. The lowest BCUT2D eigenvalue weighted by Gasteiger charge is -2.32. The van der Waals surface area contributed by atoms with E-state index in [2.05, 4.69) is 23.5 Å². The number of nitrogens with zero attached hydrogens (tertiary/aromatic N) is 2. The average Bonchev–Trinajstić information content (AvgIpc) is 2.82. The highest BCUT2D eigenvalue weighted by molar-refractivity contribution is 4.96. The van der Waals surface area contributed by atoms with Crippen LogP contribution in [0.15, 0.2) is 12.4 Å². The predicted molar refractivity (Wildman–Crippen MR) is 79.9 cm³/mol. The van der Waals surface area contributed by atoms with Crippen molar-refractivity contribution in [2.45, 2.75) is 64.3 Å². The lowest BCUT2D eigenvalue weighted by Crippen LogP contribution is -2.35. The molecule has 0 saturated heterocycles. The molecule has 1 aliphatic rings. The highest BCUT2D eigenvalue weighted by Crippen LogP contribution is 2.33. The first-order valence-electron chi connectivity index (χ1n) is 7.92. The normalized spacial score (nSPS) is 25.4. The van der Waals surface area contributed by atoms with E-state index in [0.29, 0.717) is 5.92 Å². The van der Waals surface area contributed by atoms with E-state index in [1.165, 1.54) is 44.9 Å². The molecule has 0 aliphatic heterocycles. The first-order chi connectivity index (χ1) is 9.20. The van der Waals surface area contributed by atoms with Crippen LogP contribution in [0.25, 0.3) is 0 Å². The molecule has 0 bridgehead atoms. The predicted octanol–water partition coefficient (Wildman–Crippen LogP) is 3.29. The molecule has 0 spiro atoms. The van der Waals surface area contributed by atoms with Crippen LogP contribution in [0.1, 0.15) is 57.7 Å². The molecule has 19 heavy (non-hydrogen) atoms. The first kappa shape index (κ1) is 14.6. The van der Waals surface area contributed by atoms with E-state index in [9.17, 15) is 0 Å². The second kappa shape index (κ2) is 7.09. The molecule has 0 aromatic carbocycles. The van der Waals surface area contributed by atoms with Crippen LogP contribution in [-0.4, -0.2) is 15.6 Å². The molecule has 2 rings (SSSR count). The van der Waals surface area contributed by atoms with E-state index >= 15 is 0 Å². The van der Waals surface area contributed by atoms with Gasteiger partial charge in [-0.15, -0.1) is 0 Å². The van der Waals surface area contributed by atoms with Crippen molar-refractivity contribution < 1.29 is 0 Å². The summed E-state index contributed by atoms with van der Waals surface area (Å²) in [6.07, 6.45) is 14.4. The molecule has 1 unspecified atom stereocenters. The van der Waals surface area contributed by atoms with Gasteiger partial charge in [0.15, 0.2) is 0 Å². The summed E-state index contributed by atoms with van der Waals surface area (Å²) in [6.45, 7) is 2.29. The Hall–Kier alpha value is -0.830. The number of hydrogen-bond acceptors (Lipinski definition) is 2. The van der Waals surface area contributed by atoms with Crippen LogP contribution in [0.4, 0.5) is 0 Å². The number of aryl methyl sites for hydroxylation is 1. The van der Waals surface area contributed by atoms with Crippen LogP contribution >= 0.6 is 0 Å². The molecule has 1 saturated carbocycles. The van der Waals surface area contributed by atoms with E-state index in [4.69, 9.17) is 5.73 Å². The largest absolute Gasteiger partial charge is 0.338 e. The fraction of sp³-hybridized carbons (Fsp3) is 0.812. The Balaban J connectivity index is 1.76. The van der Waals surface area contributed by atoms with Crippen LogP contribution in [0.2, 0.25) is 0 Å². The Kier molecular flexibility index (Phi) is 5.44. The molecule has 2 N–H and O–H groups in total. The van der Waals surface area contributed by atoms with E-state index in [1.54, 1.807) is 0 Å². The van der Waals surface area contributed by atoms with Gasteiger partial charge in [-0.05, 0) is 24.7 Å². The molecule has 1 atom stereocenters. The van der Waals surface area contributed by atoms with Crippen LogP contribution in [0.3, 0.4) is 0 Å². The molecule has 1 fully saturated rings. The summed E-state index contributed by atoms with van der Waals surface area (Å²) in [7, 11) is 2.05. The van der Waals surface area contributed by atoms with Crippen molar-refractivity contribution in [2.75, 3.05) is 0 Å². The van der Waals surface area contributed by atoms with Gasteiger partial charge in [-0.1, -0.05) is 39.0 Å². The Morgan fingerprint density at radius 2 is 2.11 bits per heavy atom. The zero-order valence-electron chi connectivity index (χ0n) is 12.5. The van der Waals surface area contributed by atoms with Gasteiger partial charge in [-0.25, -0.2) is 4.98 Å². The Bertz CT molecular complexity index is 364. The van der Waals surface area contributed by atoms with Gasteiger partial charge in [0.05, 0.1) is 0 Å². The number of aromatic nitrogens is 2. The molecular weight excluding hydrogens is 234 g/mol. The SMILES string of the molecule is CCCCC1CCC(C(N)Cc2nccn2C)CC1. The summed E-state index contributed by atoms with van der Waals surface area (Å²) >= 11 is 0. The molecular formula is C16H29N3. The monoisotopic (exact) mass is 263 g/mol. The van der Waals surface area contributed by atoms with E-state index in [-0.39, 0.29) is 6.04 Å². The fourth-order valence-electron chi connectivity index (χ4n) is 3.37. The van der Waals surface area contributed by atoms with E-state index < -0.39 is 0 Å². The molecule has 3 nitrogen and oxygen atoms in total. The van der Waals surface area contributed by atoms with Gasteiger partial charge in [-0.3, -0.25) is 0 Å². The summed E-state index contributed by atoms with van der Waals surface area (Å²) in [5, 5.41) is 0. The standard InChI is InChI=1S/C16H29N3/c1-3-4-5-13-6-8-14(9-7-13)15(17)12-16-18-10-11-19(16)2/h10-11,13-15H,3-9,12,17H2,1-2H3. The zero-order valence-corrected chi connectivity index (χ0v) is 12.5. The average molecular weight is 263 g/mol. The second-order valence-electron chi connectivity index (χ2n) is 6.25. The van der Waals surface area contributed by atoms with Gasteiger partial charge in [-0.2, -0.15) is 0 Å². The van der Waals surface area contributed by atoms with Gasteiger partial charge in [0.2, 0.25) is 0 Å². The summed E-state index contributed by atoms with van der Waals surface area (Å²) in [4.78, 5) is 4.39. The van der Waals surface area contributed by atoms with Crippen LogP contribution < -0.4 is 5.73 Å². The maximum absolute atomic E-state index is 6.40. The summed E-state index contributed by atoms with van der Waals surface area (Å²) in [6, 6.07) is 0.285. The molecule has 0 radical (unpaired) electrons. The lowest BCUT2D eigenvalue weighted by atomic mass is 9.76. The van der Waals surface area contributed by atoms with E-state index in [1.807, 2.05) is 12.4 Å². The molecule has 1 heterocycles. The second-order valence-corrected chi connectivity index (χ2v) is 6.25. The molecule has 1 aliphatic carbocycles. The maximum Gasteiger partial charge on any atom is 0.109 e. The molecule has 108 valence electrons. The first-order valence-corrected chi connectivity index (χ1v) is 7.92. The van der Waals surface area contributed by atoms with Crippen molar-refractivity contribution in [1.29, 1.82) is 0 Å². The van der Waals surface area contributed by atoms with Crippen molar-refractivity contribution in [3.05, 3.63) is 18.2 Å². The minimum absolute atomic E-state index is 0.285. The quantitative estimate of drug-likeness (QED) is 0.856. The highest BCUT2D eigenvalue weighted by Gasteiger charge is 2.26. The maximum atomic E-state index is 6.40.